The number of hydrogen-bond acceptors (Lipinski definition) is 5. The molecule has 2 aromatic heterocycles. The summed E-state index contributed by atoms with van der Waals surface area (Å²) in [6, 6.07) is 2.54. The van der Waals surface area contributed by atoms with E-state index < -0.39 is 0 Å². The molecule has 0 amide bonds. The molecule has 130 valence electrons. The number of anilines is 1. The summed E-state index contributed by atoms with van der Waals surface area (Å²) in [6.07, 6.45) is 5.54. The maximum Gasteiger partial charge on any atom is 0.133 e. The van der Waals surface area contributed by atoms with Gasteiger partial charge in [0.1, 0.15) is 16.6 Å². The summed E-state index contributed by atoms with van der Waals surface area (Å²) in [7, 11) is 0. The molecule has 3 heterocycles. The molecule has 0 radical (unpaired) electrons. The van der Waals surface area contributed by atoms with E-state index in [4.69, 9.17) is 9.97 Å². The van der Waals surface area contributed by atoms with Crippen LogP contribution >= 0.6 is 11.3 Å². The Labute approximate surface area is 149 Å². The predicted molar refractivity (Wildman–Crippen MR) is 101 cm³/mol. The summed E-state index contributed by atoms with van der Waals surface area (Å²) < 4.78 is 0. The molecule has 0 spiro atoms. The van der Waals surface area contributed by atoms with Crippen molar-refractivity contribution in [2.45, 2.75) is 71.3 Å². The molecule has 0 bridgehead atoms. The second-order valence-electron chi connectivity index (χ2n) is 7.95. The molecule has 0 saturated carbocycles. The summed E-state index contributed by atoms with van der Waals surface area (Å²) in [6.45, 7) is 12.0. The Bertz CT molecular complexity index is 673. The number of piperidine rings is 1. The maximum atomic E-state index is 4.92. The van der Waals surface area contributed by atoms with E-state index in [2.05, 4.69) is 55.9 Å². The quantitative estimate of drug-likeness (QED) is 0.778. The van der Waals surface area contributed by atoms with Crippen LogP contribution < -0.4 is 4.90 Å². The van der Waals surface area contributed by atoms with E-state index >= 15 is 0 Å². The molecular weight excluding hydrogens is 316 g/mol. The molecule has 2 aromatic rings. The van der Waals surface area contributed by atoms with Gasteiger partial charge in [0.2, 0.25) is 0 Å². The standard InChI is InChI=1S/C19H28N4S/c1-13(2)17-21-15(19(3,4)5)12-16(22-17)23-10-7-6-8-14(23)18-20-9-11-24-18/h9,11-14H,6-8,10H2,1-5H3. The van der Waals surface area contributed by atoms with Gasteiger partial charge in [-0.3, -0.25) is 0 Å². The van der Waals surface area contributed by atoms with E-state index in [1.165, 1.54) is 17.8 Å². The van der Waals surface area contributed by atoms with Crippen LogP contribution in [0.2, 0.25) is 0 Å². The first kappa shape index (κ1) is 17.3. The van der Waals surface area contributed by atoms with Crippen molar-refractivity contribution in [3.05, 3.63) is 34.2 Å². The van der Waals surface area contributed by atoms with Gasteiger partial charge in [0.05, 0.1) is 11.7 Å². The topological polar surface area (TPSA) is 41.9 Å². The number of thiazole rings is 1. The van der Waals surface area contributed by atoms with Crippen molar-refractivity contribution in [2.75, 3.05) is 11.4 Å². The molecule has 0 aromatic carbocycles. The molecule has 4 nitrogen and oxygen atoms in total. The third-order valence-electron chi connectivity index (χ3n) is 4.55. The molecule has 3 rings (SSSR count). The highest BCUT2D eigenvalue weighted by molar-refractivity contribution is 7.09. The van der Waals surface area contributed by atoms with Crippen molar-refractivity contribution >= 4 is 17.2 Å². The summed E-state index contributed by atoms with van der Waals surface area (Å²) in [4.78, 5) is 16.8. The molecule has 1 atom stereocenters. The third-order valence-corrected chi connectivity index (χ3v) is 5.43. The second kappa shape index (κ2) is 6.79. The largest absolute Gasteiger partial charge is 0.347 e. The second-order valence-corrected chi connectivity index (χ2v) is 8.88. The first-order valence-electron chi connectivity index (χ1n) is 8.92. The minimum atomic E-state index is 0.0216. The lowest BCUT2D eigenvalue weighted by atomic mass is 9.91. The molecule has 1 unspecified atom stereocenters. The van der Waals surface area contributed by atoms with Crippen LogP contribution in [0, 0.1) is 0 Å². The summed E-state index contributed by atoms with van der Waals surface area (Å²) >= 11 is 1.75. The Morgan fingerprint density at radius 1 is 1.21 bits per heavy atom. The lowest BCUT2D eigenvalue weighted by Gasteiger charge is -2.36. The van der Waals surface area contributed by atoms with Gasteiger partial charge in [-0.25, -0.2) is 15.0 Å². The van der Waals surface area contributed by atoms with Crippen LogP contribution in [0.3, 0.4) is 0 Å². The van der Waals surface area contributed by atoms with Gasteiger partial charge in [0, 0.05) is 35.5 Å². The van der Waals surface area contributed by atoms with Gasteiger partial charge in [-0.05, 0) is 19.3 Å². The van der Waals surface area contributed by atoms with E-state index in [0.717, 1.165) is 30.3 Å². The zero-order valence-electron chi connectivity index (χ0n) is 15.4. The Balaban J connectivity index is 2.04. The van der Waals surface area contributed by atoms with Crippen LogP contribution in [0.1, 0.15) is 82.4 Å². The molecule has 0 N–H and O–H groups in total. The minimum absolute atomic E-state index is 0.0216. The fourth-order valence-electron chi connectivity index (χ4n) is 3.10. The average Bonchev–Trinajstić information content (AvgIpc) is 3.08. The summed E-state index contributed by atoms with van der Waals surface area (Å²) in [5.74, 6) is 2.34. The first-order chi connectivity index (χ1) is 11.4. The molecule has 24 heavy (non-hydrogen) atoms. The van der Waals surface area contributed by atoms with E-state index in [1.54, 1.807) is 11.3 Å². The van der Waals surface area contributed by atoms with Gasteiger partial charge in [0.25, 0.3) is 0 Å². The van der Waals surface area contributed by atoms with Gasteiger partial charge in [-0.15, -0.1) is 11.3 Å². The van der Waals surface area contributed by atoms with Crippen LogP contribution in [0.25, 0.3) is 0 Å². The minimum Gasteiger partial charge on any atom is -0.347 e. The number of nitrogens with zero attached hydrogens (tertiary/aromatic N) is 4. The Kier molecular flexibility index (Phi) is 4.90. The smallest absolute Gasteiger partial charge is 0.133 e. The monoisotopic (exact) mass is 344 g/mol. The van der Waals surface area contributed by atoms with Gasteiger partial charge in [0.15, 0.2) is 0 Å². The highest BCUT2D eigenvalue weighted by Crippen LogP contribution is 2.36. The highest BCUT2D eigenvalue weighted by atomic mass is 32.1. The SMILES string of the molecule is CC(C)c1nc(N2CCCCC2c2nccs2)cc(C(C)(C)C)n1. The van der Waals surface area contributed by atoms with Crippen LogP contribution in [0.4, 0.5) is 5.82 Å². The van der Waals surface area contributed by atoms with Crippen molar-refractivity contribution in [1.82, 2.24) is 15.0 Å². The highest BCUT2D eigenvalue weighted by Gasteiger charge is 2.29. The van der Waals surface area contributed by atoms with Gasteiger partial charge < -0.3 is 4.90 Å². The average molecular weight is 345 g/mol. The number of aromatic nitrogens is 3. The molecule has 0 aliphatic carbocycles. The van der Waals surface area contributed by atoms with Crippen molar-refractivity contribution in [2.24, 2.45) is 0 Å². The number of hydrogen-bond donors (Lipinski definition) is 0. The molecule has 1 aliphatic rings. The van der Waals surface area contributed by atoms with Gasteiger partial charge in [-0.2, -0.15) is 0 Å². The molecular formula is C19H28N4S. The van der Waals surface area contributed by atoms with Gasteiger partial charge in [-0.1, -0.05) is 34.6 Å². The van der Waals surface area contributed by atoms with E-state index in [1.807, 2.05) is 6.20 Å². The lowest BCUT2D eigenvalue weighted by Crippen LogP contribution is -2.34. The molecule has 5 heteroatoms. The maximum absolute atomic E-state index is 4.92. The lowest BCUT2D eigenvalue weighted by molar-refractivity contribution is 0.465. The number of rotatable bonds is 3. The van der Waals surface area contributed by atoms with Crippen molar-refractivity contribution in [3.8, 4) is 0 Å². The summed E-state index contributed by atoms with van der Waals surface area (Å²) in [5.41, 5.74) is 1.15. The fourth-order valence-corrected chi connectivity index (χ4v) is 3.89. The fraction of sp³-hybridized carbons (Fsp3) is 0.632. The van der Waals surface area contributed by atoms with E-state index in [9.17, 15) is 0 Å². The van der Waals surface area contributed by atoms with Crippen molar-refractivity contribution < 1.29 is 0 Å². The zero-order valence-corrected chi connectivity index (χ0v) is 16.2. The first-order valence-corrected chi connectivity index (χ1v) is 9.79. The Hall–Kier alpha value is -1.49. The zero-order chi connectivity index (χ0) is 17.3. The molecule has 1 aliphatic heterocycles. The van der Waals surface area contributed by atoms with Crippen LogP contribution in [0.15, 0.2) is 17.6 Å². The van der Waals surface area contributed by atoms with Crippen LogP contribution in [-0.2, 0) is 5.41 Å². The molecule has 1 fully saturated rings. The Morgan fingerprint density at radius 3 is 2.62 bits per heavy atom. The normalized spacial score (nSPS) is 19.1. The molecule has 1 saturated heterocycles. The van der Waals surface area contributed by atoms with Crippen molar-refractivity contribution in [1.29, 1.82) is 0 Å². The van der Waals surface area contributed by atoms with Crippen LogP contribution in [-0.4, -0.2) is 21.5 Å². The van der Waals surface area contributed by atoms with E-state index in [0.29, 0.717) is 12.0 Å². The summed E-state index contributed by atoms with van der Waals surface area (Å²) in [5, 5.41) is 3.28. The predicted octanol–water partition coefficient (Wildman–Crippen LogP) is 5.09. The van der Waals surface area contributed by atoms with E-state index in [-0.39, 0.29) is 5.41 Å². The Morgan fingerprint density at radius 2 is 2.00 bits per heavy atom. The van der Waals surface area contributed by atoms with Crippen LogP contribution in [0.5, 0.6) is 0 Å². The van der Waals surface area contributed by atoms with Gasteiger partial charge >= 0.3 is 0 Å². The van der Waals surface area contributed by atoms with Crippen molar-refractivity contribution in [3.63, 3.8) is 0 Å². The third kappa shape index (κ3) is 3.61.